The topological polar surface area (TPSA) is 111 Å². The third-order valence-electron chi connectivity index (χ3n) is 3.29. The lowest BCUT2D eigenvalue weighted by atomic mass is 10.0. The van der Waals surface area contributed by atoms with E-state index in [0.717, 1.165) is 0 Å². The summed E-state index contributed by atoms with van der Waals surface area (Å²) in [5.41, 5.74) is 0.992. The second kappa shape index (κ2) is 7.95. The summed E-state index contributed by atoms with van der Waals surface area (Å²) in [6.45, 7) is 6.50. The van der Waals surface area contributed by atoms with E-state index in [1.807, 2.05) is 13.8 Å². The van der Waals surface area contributed by atoms with Crippen molar-refractivity contribution in [3.63, 3.8) is 0 Å². The fraction of sp³-hybridized carbons (Fsp3) is 0.615. The quantitative estimate of drug-likeness (QED) is 0.555. The lowest BCUT2D eigenvalue weighted by Gasteiger charge is -2.28. The first-order valence-electron chi connectivity index (χ1n) is 7.47. The average Bonchev–Trinajstić information content (AvgIpc) is 2.99. The van der Waals surface area contributed by atoms with Crippen LogP contribution in [0, 0.1) is 0 Å². The molecule has 1 atom stereocenters. The number of ether oxygens (including phenoxy) is 1. The Hall–Kier alpha value is -2.10. The number of aryl methyl sites for hydroxylation is 1. The Balaban J connectivity index is 2.24. The normalized spacial score (nSPS) is 17.7. The van der Waals surface area contributed by atoms with Crippen molar-refractivity contribution in [1.82, 2.24) is 30.8 Å². The molecule has 0 spiro atoms. The maximum atomic E-state index is 12.2. The van der Waals surface area contributed by atoms with Gasteiger partial charge in [-0.2, -0.15) is 0 Å². The first-order valence-corrected chi connectivity index (χ1v) is 8.45. The van der Waals surface area contributed by atoms with E-state index in [4.69, 9.17) is 4.74 Å². The Morgan fingerprint density at radius 3 is 2.83 bits per heavy atom. The number of amides is 2. The van der Waals surface area contributed by atoms with E-state index in [-0.39, 0.29) is 18.7 Å². The van der Waals surface area contributed by atoms with Crippen LogP contribution in [0.3, 0.4) is 0 Å². The van der Waals surface area contributed by atoms with Crippen LogP contribution in [0.2, 0.25) is 0 Å². The SMILES string of the molecule is CCOC(=O)C1=C(CSc2nnnn2CC)NC(=O)NC1CC. The Bertz CT molecular complexity index is 615. The van der Waals surface area contributed by atoms with Crippen LogP contribution in [0.15, 0.2) is 16.4 Å². The number of carbonyl (C=O) groups is 2. The standard InChI is InChI=1S/C13H20N6O3S/c1-4-8-10(11(20)22-6-3)9(15-12(21)14-8)7-23-13-16-17-18-19(13)5-2/h8H,4-7H2,1-3H3,(H2,14,15,21). The van der Waals surface area contributed by atoms with Crippen molar-refractivity contribution in [3.05, 3.63) is 11.3 Å². The van der Waals surface area contributed by atoms with Crippen LogP contribution in [0.1, 0.15) is 27.2 Å². The fourth-order valence-electron chi connectivity index (χ4n) is 2.21. The minimum absolute atomic E-state index is 0.279. The number of nitrogens with one attached hydrogen (secondary N) is 2. The summed E-state index contributed by atoms with van der Waals surface area (Å²) in [5, 5.41) is 17.5. The molecule has 2 heterocycles. The molecule has 126 valence electrons. The van der Waals surface area contributed by atoms with Gasteiger partial charge in [-0.3, -0.25) is 0 Å². The number of urea groups is 1. The predicted molar refractivity (Wildman–Crippen MR) is 83.6 cm³/mol. The van der Waals surface area contributed by atoms with Gasteiger partial charge in [0.25, 0.3) is 0 Å². The lowest BCUT2D eigenvalue weighted by Crippen LogP contribution is -2.50. The summed E-state index contributed by atoms with van der Waals surface area (Å²) in [7, 11) is 0. The van der Waals surface area contributed by atoms with Gasteiger partial charge in [-0.1, -0.05) is 18.7 Å². The van der Waals surface area contributed by atoms with E-state index < -0.39 is 5.97 Å². The van der Waals surface area contributed by atoms with Crippen molar-refractivity contribution < 1.29 is 14.3 Å². The third kappa shape index (κ3) is 4.01. The van der Waals surface area contributed by atoms with Crippen molar-refractivity contribution in [1.29, 1.82) is 0 Å². The molecular formula is C13H20N6O3S. The van der Waals surface area contributed by atoms with Gasteiger partial charge in [0.05, 0.1) is 18.2 Å². The van der Waals surface area contributed by atoms with Crippen LogP contribution in [-0.4, -0.2) is 50.6 Å². The third-order valence-corrected chi connectivity index (χ3v) is 4.27. The zero-order chi connectivity index (χ0) is 16.8. The summed E-state index contributed by atoms with van der Waals surface area (Å²) in [5.74, 6) is -0.0455. The molecule has 0 aromatic carbocycles. The smallest absolute Gasteiger partial charge is 0.337 e. The van der Waals surface area contributed by atoms with Crippen molar-refractivity contribution in [2.75, 3.05) is 12.4 Å². The first-order chi connectivity index (χ1) is 11.1. The minimum atomic E-state index is -0.419. The summed E-state index contributed by atoms with van der Waals surface area (Å²) in [6.07, 6.45) is 0.600. The molecule has 1 aliphatic heterocycles. The van der Waals surface area contributed by atoms with Crippen molar-refractivity contribution >= 4 is 23.8 Å². The molecule has 0 saturated carbocycles. The van der Waals surface area contributed by atoms with Gasteiger partial charge < -0.3 is 15.4 Å². The minimum Gasteiger partial charge on any atom is -0.463 e. The molecule has 23 heavy (non-hydrogen) atoms. The molecule has 2 N–H and O–H groups in total. The summed E-state index contributed by atoms with van der Waals surface area (Å²) >= 11 is 1.36. The molecule has 0 fully saturated rings. The largest absolute Gasteiger partial charge is 0.463 e. The molecule has 0 radical (unpaired) electrons. The highest BCUT2D eigenvalue weighted by molar-refractivity contribution is 7.99. The van der Waals surface area contributed by atoms with Crippen LogP contribution in [0.25, 0.3) is 0 Å². The molecule has 1 aliphatic rings. The number of aromatic nitrogens is 4. The zero-order valence-corrected chi connectivity index (χ0v) is 14.1. The van der Waals surface area contributed by atoms with Gasteiger partial charge in [-0.15, -0.1) is 5.10 Å². The van der Waals surface area contributed by atoms with E-state index in [1.165, 1.54) is 11.8 Å². The Labute approximate surface area is 138 Å². The number of esters is 1. The molecule has 0 bridgehead atoms. The first kappa shape index (κ1) is 17.3. The van der Waals surface area contributed by atoms with Crippen LogP contribution in [0.5, 0.6) is 0 Å². The molecule has 0 saturated heterocycles. The van der Waals surface area contributed by atoms with Gasteiger partial charge in [0.2, 0.25) is 5.16 Å². The Morgan fingerprint density at radius 1 is 1.39 bits per heavy atom. The van der Waals surface area contributed by atoms with E-state index in [9.17, 15) is 9.59 Å². The van der Waals surface area contributed by atoms with Gasteiger partial charge in [-0.05, 0) is 30.7 Å². The Morgan fingerprint density at radius 2 is 2.17 bits per heavy atom. The molecule has 1 aromatic heterocycles. The molecule has 2 amide bonds. The highest BCUT2D eigenvalue weighted by atomic mass is 32.2. The maximum Gasteiger partial charge on any atom is 0.337 e. The van der Waals surface area contributed by atoms with E-state index in [0.29, 0.717) is 35.1 Å². The highest BCUT2D eigenvalue weighted by Crippen LogP contribution is 2.23. The molecule has 9 nitrogen and oxygen atoms in total. The van der Waals surface area contributed by atoms with E-state index in [2.05, 4.69) is 26.2 Å². The monoisotopic (exact) mass is 340 g/mol. The Kier molecular flexibility index (Phi) is 5.97. The van der Waals surface area contributed by atoms with Gasteiger partial charge in [0.15, 0.2) is 0 Å². The number of thioether (sulfide) groups is 1. The number of carbonyl (C=O) groups excluding carboxylic acids is 2. The van der Waals surface area contributed by atoms with Crippen molar-refractivity contribution in [2.24, 2.45) is 0 Å². The summed E-state index contributed by atoms with van der Waals surface area (Å²) in [4.78, 5) is 24.0. The highest BCUT2D eigenvalue weighted by Gasteiger charge is 2.31. The van der Waals surface area contributed by atoms with Gasteiger partial charge in [0.1, 0.15) is 0 Å². The summed E-state index contributed by atoms with van der Waals surface area (Å²) in [6, 6.07) is -0.684. The summed E-state index contributed by atoms with van der Waals surface area (Å²) < 4.78 is 6.77. The molecule has 2 rings (SSSR count). The van der Waals surface area contributed by atoms with Gasteiger partial charge in [0, 0.05) is 18.0 Å². The van der Waals surface area contributed by atoms with Crippen molar-refractivity contribution in [3.8, 4) is 0 Å². The average molecular weight is 340 g/mol. The van der Waals surface area contributed by atoms with Crippen LogP contribution in [0.4, 0.5) is 4.79 Å². The van der Waals surface area contributed by atoms with E-state index >= 15 is 0 Å². The van der Waals surface area contributed by atoms with Gasteiger partial charge >= 0.3 is 12.0 Å². The number of tetrazole rings is 1. The molecule has 1 aromatic rings. The van der Waals surface area contributed by atoms with Gasteiger partial charge in [-0.25, -0.2) is 14.3 Å². The van der Waals surface area contributed by atoms with Crippen LogP contribution < -0.4 is 10.6 Å². The number of rotatable bonds is 7. The number of hydrogen-bond donors (Lipinski definition) is 2. The molecule has 1 unspecified atom stereocenters. The van der Waals surface area contributed by atoms with Crippen LogP contribution >= 0.6 is 11.8 Å². The zero-order valence-electron chi connectivity index (χ0n) is 13.3. The second-order valence-electron chi connectivity index (χ2n) is 4.74. The number of nitrogens with zero attached hydrogens (tertiary/aromatic N) is 4. The molecular weight excluding hydrogens is 320 g/mol. The van der Waals surface area contributed by atoms with Crippen molar-refractivity contribution in [2.45, 2.75) is 44.9 Å². The molecule has 0 aliphatic carbocycles. The lowest BCUT2D eigenvalue weighted by molar-refractivity contribution is -0.139. The molecule has 10 heteroatoms. The van der Waals surface area contributed by atoms with E-state index in [1.54, 1.807) is 11.6 Å². The van der Waals surface area contributed by atoms with Crippen LogP contribution in [-0.2, 0) is 16.1 Å². The number of hydrogen-bond acceptors (Lipinski definition) is 7. The maximum absolute atomic E-state index is 12.2. The predicted octanol–water partition coefficient (Wildman–Crippen LogP) is 0.694. The second-order valence-corrected chi connectivity index (χ2v) is 5.68. The fourth-order valence-corrected chi connectivity index (χ4v) is 3.12.